The highest BCUT2D eigenvalue weighted by Gasteiger charge is 2.38. The topological polar surface area (TPSA) is 9.23 Å². The van der Waals surface area contributed by atoms with Gasteiger partial charge in [-0.3, -0.25) is 0 Å². The Balaban J connectivity index is 2.66. The molecule has 112 valence electrons. The number of halogens is 1. The van der Waals surface area contributed by atoms with Crippen LogP contribution in [-0.4, -0.2) is 14.4 Å². The lowest BCUT2D eigenvalue weighted by Gasteiger charge is -2.38. The van der Waals surface area contributed by atoms with Crippen LogP contribution in [-0.2, 0) is 10.8 Å². The molecule has 0 N–H and O–H groups in total. The maximum Gasteiger partial charge on any atom is 0.192 e. The van der Waals surface area contributed by atoms with Crippen LogP contribution >= 0.6 is 22.6 Å². The molecule has 1 rings (SSSR count). The number of rotatable bonds is 6. The average molecular weight is 402 g/mol. The fraction of sp³-hybridized carbons (Fsp3) is 0.529. The second kappa shape index (κ2) is 7.76. The first-order valence-corrected chi connectivity index (χ1v) is 11.4. The van der Waals surface area contributed by atoms with Crippen LogP contribution in [0.1, 0.15) is 32.8 Å². The van der Waals surface area contributed by atoms with Crippen LogP contribution in [0.2, 0.25) is 18.1 Å². The van der Waals surface area contributed by atoms with E-state index in [-0.39, 0.29) is 11.1 Å². The molecule has 0 fully saturated rings. The summed E-state index contributed by atoms with van der Waals surface area (Å²) in [5.41, 5.74) is 1.39. The minimum atomic E-state index is -1.70. The van der Waals surface area contributed by atoms with Crippen molar-refractivity contribution in [1.29, 1.82) is 0 Å². The predicted octanol–water partition coefficient (Wildman–Crippen LogP) is 5.96. The van der Waals surface area contributed by atoms with E-state index in [1.807, 2.05) is 0 Å². The first-order valence-electron chi connectivity index (χ1n) is 7.25. The molecule has 1 aromatic carbocycles. The normalized spacial score (nSPS) is 14.7. The molecule has 1 atom stereocenters. The largest absolute Gasteiger partial charge is 0.411 e. The fourth-order valence-corrected chi connectivity index (χ4v) is 3.55. The van der Waals surface area contributed by atoms with Crippen molar-refractivity contribution in [2.45, 2.75) is 57.8 Å². The first kappa shape index (κ1) is 17.9. The molecule has 0 saturated heterocycles. The Bertz CT molecular complexity index is 420. The Morgan fingerprint density at radius 2 is 1.80 bits per heavy atom. The monoisotopic (exact) mass is 402 g/mol. The van der Waals surface area contributed by atoms with E-state index in [4.69, 9.17) is 4.43 Å². The standard InChI is InChI=1S/C17H27IOSi/c1-17(2,3)20(4,5)19-16(13-14-18)12-11-15-9-7-6-8-10-15/h6-10,13-14,16H,11-12H2,1-5H3/b14-13+/t16-/m0/s1. The van der Waals surface area contributed by atoms with Gasteiger partial charge in [0.2, 0.25) is 0 Å². The third-order valence-electron chi connectivity index (χ3n) is 4.10. The summed E-state index contributed by atoms with van der Waals surface area (Å²) in [5, 5.41) is 0.261. The van der Waals surface area contributed by atoms with E-state index in [1.165, 1.54) is 5.56 Å². The van der Waals surface area contributed by atoms with E-state index in [2.05, 4.69) is 96.9 Å². The Hall–Kier alpha value is -0.133. The maximum atomic E-state index is 6.51. The summed E-state index contributed by atoms with van der Waals surface area (Å²) in [4.78, 5) is 0. The highest BCUT2D eigenvalue weighted by atomic mass is 127. The van der Waals surface area contributed by atoms with Gasteiger partial charge in [-0.2, -0.15) is 0 Å². The van der Waals surface area contributed by atoms with Gasteiger partial charge in [-0.05, 0) is 40.6 Å². The van der Waals surface area contributed by atoms with Crippen LogP contribution in [0.3, 0.4) is 0 Å². The van der Waals surface area contributed by atoms with Gasteiger partial charge in [0, 0.05) is 0 Å². The fourth-order valence-electron chi connectivity index (χ4n) is 1.78. The van der Waals surface area contributed by atoms with Gasteiger partial charge in [0.25, 0.3) is 0 Å². The Morgan fingerprint density at radius 1 is 1.20 bits per heavy atom. The molecule has 0 spiro atoms. The van der Waals surface area contributed by atoms with Crippen LogP contribution in [0.15, 0.2) is 40.5 Å². The third-order valence-corrected chi connectivity index (χ3v) is 9.02. The molecule has 0 aromatic heterocycles. The zero-order valence-electron chi connectivity index (χ0n) is 13.3. The molecule has 0 aliphatic carbocycles. The molecular weight excluding hydrogens is 375 g/mol. The van der Waals surface area contributed by atoms with Crippen molar-refractivity contribution >= 4 is 30.9 Å². The Labute approximate surface area is 139 Å². The van der Waals surface area contributed by atoms with Gasteiger partial charge in [0.05, 0.1) is 6.10 Å². The minimum Gasteiger partial charge on any atom is -0.411 e. The summed E-state index contributed by atoms with van der Waals surface area (Å²) in [6.07, 6.45) is 4.55. The molecular formula is C17H27IOSi. The van der Waals surface area contributed by atoms with Crippen LogP contribution < -0.4 is 0 Å². The zero-order valence-corrected chi connectivity index (χ0v) is 16.5. The second-order valence-electron chi connectivity index (χ2n) is 6.76. The van der Waals surface area contributed by atoms with Crippen LogP contribution in [0, 0.1) is 0 Å². The molecule has 0 aliphatic heterocycles. The molecule has 0 amide bonds. The molecule has 0 radical (unpaired) electrons. The smallest absolute Gasteiger partial charge is 0.192 e. The quantitative estimate of drug-likeness (QED) is 0.422. The van der Waals surface area contributed by atoms with E-state index in [0.29, 0.717) is 0 Å². The molecule has 0 bridgehead atoms. The summed E-state index contributed by atoms with van der Waals surface area (Å²) >= 11 is 2.28. The van der Waals surface area contributed by atoms with Crippen LogP contribution in [0.4, 0.5) is 0 Å². The highest BCUT2D eigenvalue weighted by Crippen LogP contribution is 2.37. The van der Waals surface area contributed by atoms with E-state index in [1.54, 1.807) is 0 Å². The van der Waals surface area contributed by atoms with Crippen molar-refractivity contribution in [3.63, 3.8) is 0 Å². The summed E-state index contributed by atoms with van der Waals surface area (Å²) in [7, 11) is -1.70. The number of aryl methyl sites for hydroxylation is 1. The van der Waals surface area contributed by atoms with Crippen molar-refractivity contribution in [2.75, 3.05) is 0 Å². The van der Waals surface area contributed by atoms with Crippen molar-refractivity contribution in [2.24, 2.45) is 0 Å². The number of benzene rings is 1. The van der Waals surface area contributed by atoms with E-state index in [9.17, 15) is 0 Å². The van der Waals surface area contributed by atoms with Crippen molar-refractivity contribution < 1.29 is 4.43 Å². The predicted molar refractivity (Wildman–Crippen MR) is 100.0 cm³/mol. The molecule has 3 heteroatoms. The highest BCUT2D eigenvalue weighted by molar-refractivity contribution is 14.1. The van der Waals surface area contributed by atoms with Crippen molar-refractivity contribution in [3.8, 4) is 0 Å². The van der Waals surface area contributed by atoms with E-state index in [0.717, 1.165) is 12.8 Å². The SMILES string of the molecule is CC(C)(C)[Si](C)(C)O[C@H](/C=C/I)CCc1ccccc1. The lowest BCUT2D eigenvalue weighted by atomic mass is 10.1. The number of hydrogen-bond acceptors (Lipinski definition) is 1. The van der Waals surface area contributed by atoms with Gasteiger partial charge in [-0.15, -0.1) is 0 Å². The van der Waals surface area contributed by atoms with Gasteiger partial charge in [0.15, 0.2) is 8.32 Å². The van der Waals surface area contributed by atoms with Crippen LogP contribution in [0.25, 0.3) is 0 Å². The molecule has 0 unspecified atom stereocenters. The van der Waals surface area contributed by atoms with Gasteiger partial charge < -0.3 is 4.43 Å². The maximum absolute atomic E-state index is 6.51. The second-order valence-corrected chi connectivity index (χ2v) is 12.2. The van der Waals surface area contributed by atoms with Crippen LogP contribution in [0.5, 0.6) is 0 Å². The lowest BCUT2D eigenvalue weighted by molar-refractivity contribution is 0.215. The van der Waals surface area contributed by atoms with E-state index >= 15 is 0 Å². The summed E-state index contributed by atoms with van der Waals surface area (Å²) in [5.74, 6) is 0. The summed E-state index contributed by atoms with van der Waals surface area (Å²) in [6.45, 7) is 11.5. The average Bonchev–Trinajstić information content (AvgIpc) is 2.36. The molecule has 0 heterocycles. The van der Waals surface area contributed by atoms with Gasteiger partial charge in [-0.25, -0.2) is 0 Å². The molecule has 20 heavy (non-hydrogen) atoms. The van der Waals surface area contributed by atoms with Crippen molar-refractivity contribution in [1.82, 2.24) is 0 Å². The minimum absolute atomic E-state index is 0.230. The zero-order chi connectivity index (χ0) is 15.2. The molecule has 0 saturated carbocycles. The number of hydrogen-bond donors (Lipinski definition) is 0. The molecule has 1 nitrogen and oxygen atoms in total. The van der Waals surface area contributed by atoms with Gasteiger partial charge >= 0.3 is 0 Å². The van der Waals surface area contributed by atoms with Crippen molar-refractivity contribution in [3.05, 3.63) is 46.1 Å². The van der Waals surface area contributed by atoms with Gasteiger partial charge in [-0.1, -0.05) is 79.8 Å². The molecule has 1 aromatic rings. The Kier molecular flexibility index (Phi) is 6.95. The summed E-state index contributed by atoms with van der Waals surface area (Å²) < 4.78 is 8.60. The summed E-state index contributed by atoms with van der Waals surface area (Å²) in [6, 6.07) is 10.7. The first-order chi connectivity index (χ1) is 9.26. The van der Waals surface area contributed by atoms with Gasteiger partial charge in [0.1, 0.15) is 0 Å². The van der Waals surface area contributed by atoms with E-state index < -0.39 is 8.32 Å². The Morgan fingerprint density at radius 3 is 2.30 bits per heavy atom. The molecule has 0 aliphatic rings. The third kappa shape index (κ3) is 5.70. The lowest BCUT2D eigenvalue weighted by Crippen LogP contribution is -2.43.